The molecule has 2 aromatic rings. The van der Waals surface area contributed by atoms with E-state index in [0.717, 1.165) is 48.4 Å². The summed E-state index contributed by atoms with van der Waals surface area (Å²) in [6.45, 7) is 11.9. The molecule has 0 heterocycles. The lowest BCUT2D eigenvalue weighted by molar-refractivity contribution is -0.137. The fourth-order valence-electron chi connectivity index (χ4n) is 3.99. The lowest BCUT2D eigenvalue weighted by atomic mass is 9.87. The van der Waals surface area contributed by atoms with Gasteiger partial charge in [-0.1, -0.05) is 49.2 Å². The van der Waals surface area contributed by atoms with Crippen molar-refractivity contribution in [3.05, 3.63) is 52.5 Å². The smallest absolute Gasteiger partial charge is 0.444 e. The second-order valence-corrected chi connectivity index (χ2v) is 13.8. The molecule has 12 heteroatoms. The largest absolute Gasteiger partial charge is 0.514 e. The van der Waals surface area contributed by atoms with Crippen molar-refractivity contribution in [1.29, 1.82) is 0 Å². The first-order chi connectivity index (χ1) is 19.8. The second kappa shape index (κ2) is 14.9. The van der Waals surface area contributed by atoms with Crippen molar-refractivity contribution in [2.24, 2.45) is 0 Å². The Morgan fingerprint density at radius 2 is 1.60 bits per heavy atom. The van der Waals surface area contributed by atoms with E-state index in [-0.39, 0.29) is 17.3 Å². The Balaban J connectivity index is 2.29. The van der Waals surface area contributed by atoms with E-state index in [1.54, 1.807) is 59.7 Å². The second-order valence-electron chi connectivity index (χ2n) is 12.2. The molecule has 2 N–H and O–H groups in total. The van der Waals surface area contributed by atoms with Gasteiger partial charge >= 0.3 is 18.4 Å². The number of carbonyl (C=O) groups excluding carboxylic acids is 2. The number of nitrogens with one attached hydrogen (secondary N) is 1. The van der Waals surface area contributed by atoms with Crippen LogP contribution >= 0.6 is 23.4 Å². The van der Waals surface area contributed by atoms with E-state index in [9.17, 15) is 27.9 Å². The number of halogens is 4. The van der Waals surface area contributed by atoms with Crippen molar-refractivity contribution in [2.45, 2.75) is 113 Å². The summed E-state index contributed by atoms with van der Waals surface area (Å²) in [6, 6.07) is 7.84. The molecule has 240 valence electrons. The van der Waals surface area contributed by atoms with Crippen LogP contribution in [0, 0.1) is 0 Å². The number of aliphatic hydroxyl groups is 1. The van der Waals surface area contributed by atoms with Crippen molar-refractivity contribution < 1.29 is 42.1 Å². The van der Waals surface area contributed by atoms with Gasteiger partial charge in [0.25, 0.3) is 0 Å². The predicted octanol–water partition coefficient (Wildman–Crippen LogP) is 9.20. The predicted molar refractivity (Wildman–Crippen MR) is 161 cm³/mol. The Hall–Kier alpha value is -2.63. The topological polar surface area (TPSA) is 94.1 Å². The highest BCUT2D eigenvalue weighted by molar-refractivity contribution is 7.99. The number of hydrogen-bond acceptors (Lipinski definition) is 7. The fourth-order valence-corrected chi connectivity index (χ4v) is 5.29. The number of carbonyl (C=O) groups is 2. The number of alkyl halides is 3. The highest BCUT2D eigenvalue weighted by atomic mass is 35.5. The third-order valence-corrected chi connectivity index (χ3v) is 7.44. The molecular weight excluding hydrogens is 607 g/mol. The lowest BCUT2D eigenvalue weighted by Gasteiger charge is -2.34. The number of hydrogen-bond donors (Lipinski definition) is 2. The molecule has 0 bridgehead atoms. The number of aliphatic hydroxyl groups excluding tert-OH is 1. The monoisotopic (exact) mass is 647 g/mol. The number of amides is 1. The number of aryl methyl sites for hydroxylation is 1. The summed E-state index contributed by atoms with van der Waals surface area (Å²) in [5.74, 6) is -0.0932. The van der Waals surface area contributed by atoms with E-state index in [1.807, 2.05) is 6.92 Å². The summed E-state index contributed by atoms with van der Waals surface area (Å²) in [6.07, 6.45) is -3.34. The van der Waals surface area contributed by atoms with Crippen molar-refractivity contribution in [1.82, 2.24) is 5.32 Å². The third kappa shape index (κ3) is 12.5. The van der Waals surface area contributed by atoms with E-state index in [1.165, 1.54) is 0 Å². The average Bonchev–Trinajstić information content (AvgIpc) is 2.84. The third-order valence-electron chi connectivity index (χ3n) is 6.06. The van der Waals surface area contributed by atoms with Gasteiger partial charge < -0.3 is 24.6 Å². The van der Waals surface area contributed by atoms with E-state index in [2.05, 4.69) is 5.32 Å². The number of benzene rings is 2. The number of ether oxygens (including phenoxy) is 3. The maximum absolute atomic E-state index is 13.5. The van der Waals surface area contributed by atoms with Crippen molar-refractivity contribution >= 4 is 35.6 Å². The van der Waals surface area contributed by atoms with Crippen LogP contribution in [-0.4, -0.2) is 40.7 Å². The molecule has 43 heavy (non-hydrogen) atoms. The number of rotatable bonds is 11. The van der Waals surface area contributed by atoms with Gasteiger partial charge in [0.2, 0.25) is 0 Å². The van der Waals surface area contributed by atoms with E-state index >= 15 is 0 Å². The zero-order valence-electron chi connectivity index (χ0n) is 25.6. The maximum atomic E-state index is 13.5. The van der Waals surface area contributed by atoms with Gasteiger partial charge in [-0.25, -0.2) is 9.59 Å². The SMILES string of the molecule is CCCCC(CO)(CCc1ccc(Sc2cc(C(F)(F)F)ccc2OC(=O)OC(C)(C)C)cc1Cl)NC(=O)OC(C)(C)C. The van der Waals surface area contributed by atoms with Gasteiger partial charge in [0, 0.05) is 9.92 Å². The van der Waals surface area contributed by atoms with Crippen LogP contribution < -0.4 is 10.1 Å². The summed E-state index contributed by atoms with van der Waals surface area (Å²) < 4.78 is 56.2. The van der Waals surface area contributed by atoms with Gasteiger partial charge in [-0.05, 0) is 96.7 Å². The molecule has 1 atom stereocenters. The normalized spacial score (nSPS) is 13.7. The van der Waals surface area contributed by atoms with E-state index in [0.29, 0.717) is 29.2 Å². The van der Waals surface area contributed by atoms with Crippen molar-refractivity contribution in [3.8, 4) is 5.75 Å². The molecule has 0 aliphatic heterocycles. The molecule has 1 unspecified atom stereocenters. The van der Waals surface area contributed by atoms with Crippen molar-refractivity contribution in [3.63, 3.8) is 0 Å². The highest BCUT2D eigenvalue weighted by Gasteiger charge is 2.34. The summed E-state index contributed by atoms with van der Waals surface area (Å²) in [7, 11) is 0. The van der Waals surface area contributed by atoms with Crippen LogP contribution in [-0.2, 0) is 22.1 Å². The summed E-state index contributed by atoms with van der Waals surface area (Å²) in [4.78, 5) is 25.4. The molecule has 0 spiro atoms. The van der Waals surface area contributed by atoms with Gasteiger partial charge in [0.05, 0.1) is 22.6 Å². The molecule has 0 aliphatic carbocycles. The zero-order chi connectivity index (χ0) is 32.6. The minimum absolute atomic E-state index is 0.0462. The lowest BCUT2D eigenvalue weighted by Crippen LogP contribution is -2.53. The van der Waals surface area contributed by atoms with Crippen LogP contribution in [0.15, 0.2) is 46.2 Å². The van der Waals surface area contributed by atoms with Gasteiger partial charge in [-0.3, -0.25) is 0 Å². The van der Waals surface area contributed by atoms with Crippen LogP contribution in [0.4, 0.5) is 22.8 Å². The molecule has 7 nitrogen and oxygen atoms in total. The first-order valence-electron chi connectivity index (χ1n) is 14.0. The Kier molecular flexibility index (Phi) is 12.7. The molecule has 0 aromatic heterocycles. The minimum atomic E-state index is -4.61. The van der Waals surface area contributed by atoms with Crippen LogP contribution in [0.5, 0.6) is 5.75 Å². The molecule has 0 radical (unpaired) electrons. The molecule has 2 aromatic carbocycles. The van der Waals surface area contributed by atoms with Gasteiger partial charge in [-0.15, -0.1) is 0 Å². The fraction of sp³-hybridized carbons (Fsp3) is 0.548. The molecule has 0 aliphatic rings. The van der Waals surface area contributed by atoms with Crippen LogP contribution in [0.25, 0.3) is 0 Å². The Morgan fingerprint density at radius 1 is 0.953 bits per heavy atom. The Morgan fingerprint density at radius 3 is 2.14 bits per heavy atom. The van der Waals surface area contributed by atoms with Gasteiger partial charge in [0.1, 0.15) is 17.0 Å². The first-order valence-corrected chi connectivity index (χ1v) is 15.2. The number of unbranched alkanes of at least 4 members (excludes halogenated alkanes) is 1. The Bertz CT molecular complexity index is 1260. The molecular formula is C31H41ClF3NO6S. The average molecular weight is 648 g/mol. The molecule has 1 amide bonds. The quantitative estimate of drug-likeness (QED) is 0.185. The minimum Gasteiger partial charge on any atom is -0.444 e. The van der Waals surface area contributed by atoms with E-state index < -0.39 is 40.7 Å². The molecule has 0 saturated carbocycles. The van der Waals surface area contributed by atoms with Crippen LogP contribution in [0.2, 0.25) is 5.02 Å². The Labute approximate surface area is 260 Å². The zero-order valence-corrected chi connectivity index (χ0v) is 27.2. The van der Waals surface area contributed by atoms with Crippen LogP contribution in [0.1, 0.15) is 85.3 Å². The summed E-state index contributed by atoms with van der Waals surface area (Å²) in [5, 5.41) is 13.5. The maximum Gasteiger partial charge on any atom is 0.514 e. The molecule has 0 saturated heterocycles. The molecule has 0 fully saturated rings. The standard InChI is InChI=1S/C31H41ClF3NO6S/c1-8-9-15-30(19-37,36-26(38)41-28(2,3)4)16-14-20-10-12-22(18-23(20)32)43-25-17-21(31(33,34)35)11-13-24(25)40-27(39)42-29(5,6)7/h10-13,17-18,37H,8-9,14-16,19H2,1-7H3,(H,36,38). The van der Waals surface area contributed by atoms with Gasteiger partial charge in [0.15, 0.2) is 0 Å². The summed E-state index contributed by atoms with van der Waals surface area (Å²) in [5.41, 5.74) is -2.67. The summed E-state index contributed by atoms with van der Waals surface area (Å²) >= 11 is 7.54. The number of alkyl carbamates (subject to hydrolysis) is 1. The first kappa shape index (κ1) is 36.6. The molecule has 2 rings (SSSR count). The highest BCUT2D eigenvalue weighted by Crippen LogP contribution is 2.41. The van der Waals surface area contributed by atoms with E-state index in [4.69, 9.17) is 25.8 Å². The van der Waals surface area contributed by atoms with Crippen LogP contribution in [0.3, 0.4) is 0 Å². The van der Waals surface area contributed by atoms with Crippen molar-refractivity contribution in [2.75, 3.05) is 6.61 Å². The van der Waals surface area contributed by atoms with Gasteiger partial charge in [-0.2, -0.15) is 13.2 Å².